The SMILES string of the molecule is C=NC=C(C=CC)c1cncc2[nH]c(-c3n[nH]c4ccc(-c5cnccc5C)cc34)nc12. The summed E-state index contributed by atoms with van der Waals surface area (Å²) in [6.07, 6.45) is 12.9. The van der Waals surface area contributed by atoms with Crippen molar-refractivity contribution in [3.8, 4) is 22.6 Å². The monoisotopic (exact) mass is 419 g/mol. The van der Waals surface area contributed by atoms with Crippen molar-refractivity contribution in [2.24, 2.45) is 4.99 Å². The topological polar surface area (TPSA) is 95.5 Å². The molecule has 0 aliphatic rings. The van der Waals surface area contributed by atoms with Crippen LogP contribution in [0.15, 0.2) is 72.4 Å². The van der Waals surface area contributed by atoms with E-state index < -0.39 is 0 Å². The second-order valence-corrected chi connectivity index (χ2v) is 7.46. The van der Waals surface area contributed by atoms with Crippen LogP contribution in [0.3, 0.4) is 0 Å². The molecular weight excluding hydrogens is 398 g/mol. The van der Waals surface area contributed by atoms with Gasteiger partial charge in [0, 0.05) is 46.9 Å². The van der Waals surface area contributed by atoms with Gasteiger partial charge in [0.15, 0.2) is 5.82 Å². The third-order valence-electron chi connectivity index (χ3n) is 5.42. The van der Waals surface area contributed by atoms with E-state index in [-0.39, 0.29) is 0 Å². The van der Waals surface area contributed by atoms with Crippen molar-refractivity contribution < 1.29 is 0 Å². The predicted octanol–water partition coefficient (Wildman–Crippen LogP) is 5.49. The molecule has 0 fully saturated rings. The van der Waals surface area contributed by atoms with Gasteiger partial charge in [-0.3, -0.25) is 20.1 Å². The van der Waals surface area contributed by atoms with Crippen molar-refractivity contribution in [1.29, 1.82) is 0 Å². The number of H-pyrrole nitrogens is 2. The Hall–Kier alpha value is -4.39. The molecular formula is C25H21N7. The lowest BCUT2D eigenvalue weighted by atomic mass is 10.0. The largest absolute Gasteiger partial charge is 0.335 e. The molecule has 0 saturated carbocycles. The van der Waals surface area contributed by atoms with Crippen LogP contribution in [0.25, 0.3) is 50.2 Å². The summed E-state index contributed by atoms with van der Waals surface area (Å²) >= 11 is 0. The van der Waals surface area contributed by atoms with E-state index in [9.17, 15) is 0 Å². The molecule has 5 aromatic rings. The molecule has 32 heavy (non-hydrogen) atoms. The molecule has 2 N–H and O–H groups in total. The second kappa shape index (κ2) is 8.03. The maximum atomic E-state index is 4.88. The number of aromatic amines is 2. The number of aromatic nitrogens is 6. The number of nitrogens with zero attached hydrogens (tertiary/aromatic N) is 5. The fraction of sp³-hybridized carbons (Fsp3) is 0.0800. The fourth-order valence-corrected chi connectivity index (χ4v) is 3.86. The van der Waals surface area contributed by atoms with Gasteiger partial charge in [0.25, 0.3) is 0 Å². The number of aliphatic imine (C=N–C) groups is 1. The molecule has 0 atom stereocenters. The van der Waals surface area contributed by atoms with Crippen LogP contribution in [-0.4, -0.2) is 36.9 Å². The first-order valence-corrected chi connectivity index (χ1v) is 10.2. The van der Waals surface area contributed by atoms with Crippen LogP contribution in [0.2, 0.25) is 0 Å². The lowest BCUT2D eigenvalue weighted by Crippen LogP contribution is -1.87. The molecule has 0 radical (unpaired) electrons. The van der Waals surface area contributed by atoms with Crippen LogP contribution in [0.5, 0.6) is 0 Å². The molecule has 7 heteroatoms. The fourth-order valence-electron chi connectivity index (χ4n) is 3.86. The Morgan fingerprint density at radius 1 is 1.09 bits per heavy atom. The van der Waals surface area contributed by atoms with E-state index in [1.54, 1.807) is 24.8 Å². The van der Waals surface area contributed by atoms with E-state index in [0.29, 0.717) is 5.82 Å². The van der Waals surface area contributed by atoms with Gasteiger partial charge in [-0.05, 0) is 49.9 Å². The van der Waals surface area contributed by atoms with Gasteiger partial charge in [0.2, 0.25) is 0 Å². The van der Waals surface area contributed by atoms with Crippen LogP contribution in [0.4, 0.5) is 0 Å². The number of hydrogen-bond donors (Lipinski definition) is 2. The minimum absolute atomic E-state index is 0.673. The van der Waals surface area contributed by atoms with E-state index in [4.69, 9.17) is 4.98 Å². The number of nitrogens with one attached hydrogen (secondary N) is 2. The van der Waals surface area contributed by atoms with Gasteiger partial charge in [-0.15, -0.1) is 0 Å². The van der Waals surface area contributed by atoms with Crippen molar-refractivity contribution >= 4 is 34.2 Å². The van der Waals surface area contributed by atoms with Crippen molar-refractivity contribution in [2.45, 2.75) is 13.8 Å². The number of allylic oxidation sites excluding steroid dienone is 3. The molecule has 0 unspecified atom stereocenters. The Morgan fingerprint density at radius 3 is 2.81 bits per heavy atom. The average Bonchev–Trinajstić information content (AvgIpc) is 3.42. The van der Waals surface area contributed by atoms with E-state index in [2.05, 4.69) is 55.9 Å². The Bertz CT molecular complexity index is 1520. The molecule has 1 aromatic carbocycles. The zero-order chi connectivity index (χ0) is 22.1. The Kier molecular flexibility index (Phi) is 4.91. The average molecular weight is 419 g/mol. The predicted molar refractivity (Wildman–Crippen MR) is 129 cm³/mol. The summed E-state index contributed by atoms with van der Waals surface area (Å²) in [4.78, 5) is 20.8. The minimum atomic E-state index is 0.673. The quantitative estimate of drug-likeness (QED) is 0.291. The summed E-state index contributed by atoms with van der Waals surface area (Å²) in [5.41, 5.74) is 8.43. The highest BCUT2D eigenvalue weighted by Crippen LogP contribution is 2.32. The summed E-state index contributed by atoms with van der Waals surface area (Å²) in [5.74, 6) is 0.673. The molecule has 7 nitrogen and oxygen atoms in total. The van der Waals surface area contributed by atoms with Crippen molar-refractivity contribution in [3.05, 3.63) is 78.5 Å². The van der Waals surface area contributed by atoms with E-state index in [0.717, 1.165) is 49.9 Å². The maximum Gasteiger partial charge on any atom is 0.159 e. The van der Waals surface area contributed by atoms with Crippen LogP contribution in [-0.2, 0) is 0 Å². The molecule has 0 saturated heterocycles. The highest BCUT2D eigenvalue weighted by atomic mass is 15.1. The third-order valence-corrected chi connectivity index (χ3v) is 5.42. The standard InChI is InChI=1S/C25H21N7/c1-4-5-17(11-26-3)20-13-28-14-22-23(20)30-25(29-22)24-18-10-16(6-7-21(18)31-32-24)19-12-27-9-8-15(19)2/h4-14H,3H2,1-2H3,(H,29,30)(H,31,32). The molecule has 0 bridgehead atoms. The van der Waals surface area contributed by atoms with E-state index in [1.807, 2.05) is 37.4 Å². The maximum absolute atomic E-state index is 4.88. The molecule has 4 heterocycles. The molecule has 0 aliphatic heterocycles. The normalized spacial score (nSPS) is 12.2. The summed E-state index contributed by atoms with van der Waals surface area (Å²) in [5, 5.41) is 8.65. The smallest absolute Gasteiger partial charge is 0.159 e. The molecule has 4 aromatic heterocycles. The zero-order valence-electron chi connectivity index (χ0n) is 17.8. The van der Waals surface area contributed by atoms with Gasteiger partial charge in [-0.2, -0.15) is 5.10 Å². The van der Waals surface area contributed by atoms with Gasteiger partial charge in [-0.25, -0.2) is 4.98 Å². The molecule has 0 aliphatic carbocycles. The van der Waals surface area contributed by atoms with Gasteiger partial charge in [0.05, 0.1) is 17.2 Å². The first kappa shape index (κ1) is 19.6. The highest BCUT2D eigenvalue weighted by Gasteiger charge is 2.16. The summed E-state index contributed by atoms with van der Waals surface area (Å²) in [7, 11) is 0. The van der Waals surface area contributed by atoms with Crippen molar-refractivity contribution in [2.75, 3.05) is 0 Å². The molecule has 5 rings (SSSR count). The van der Waals surface area contributed by atoms with Crippen LogP contribution in [0.1, 0.15) is 18.1 Å². The molecule has 156 valence electrons. The van der Waals surface area contributed by atoms with Gasteiger partial charge in [0.1, 0.15) is 11.2 Å². The van der Waals surface area contributed by atoms with E-state index in [1.165, 1.54) is 5.56 Å². The summed E-state index contributed by atoms with van der Waals surface area (Å²) in [6.45, 7) is 7.62. The molecule has 0 spiro atoms. The van der Waals surface area contributed by atoms with Crippen molar-refractivity contribution in [3.63, 3.8) is 0 Å². The first-order chi connectivity index (χ1) is 15.7. The second-order valence-electron chi connectivity index (χ2n) is 7.46. The van der Waals surface area contributed by atoms with Crippen molar-refractivity contribution in [1.82, 2.24) is 30.1 Å². The molecule has 0 amide bonds. The summed E-state index contributed by atoms with van der Waals surface area (Å²) in [6, 6.07) is 8.24. The minimum Gasteiger partial charge on any atom is -0.335 e. The number of aryl methyl sites for hydroxylation is 1. The lowest BCUT2D eigenvalue weighted by Gasteiger charge is -2.05. The first-order valence-electron chi connectivity index (χ1n) is 10.2. The van der Waals surface area contributed by atoms with Crippen LogP contribution in [0, 0.1) is 6.92 Å². The lowest BCUT2D eigenvalue weighted by molar-refractivity contribution is 1.11. The summed E-state index contributed by atoms with van der Waals surface area (Å²) < 4.78 is 0. The van der Waals surface area contributed by atoms with Crippen LogP contribution >= 0.6 is 0 Å². The Morgan fingerprint density at radius 2 is 2.00 bits per heavy atom. The zero-order valence-corrected chi connectivity index (χ0v) is 17.8. The highest BCUT2D eigenvalue weighted by molar-refractivity contribution is 5.97. The number of benzene rings is 1. The number of imidazole rings is 1. The Labute approximate surface area is 184 Å². The third kappa shape index (κ3) is 3.30. The van der Waals surface area contributed by atoms with Crippen LogP contribution < -0.4 is 0 Å². The number of hydrogen-bond acceptors (Lipinski definition) is 5. The van der Waals surface area contributed by atoms with Gasteiger partial charge >= 0.3 is 0 Å². The van der Waals surface area contributed by atoms with Gasteiger partial charge in [-0.1, -0.05) is 18.2 Å². The Balaban J connectivity index is 1.67. The number of fused-ring (bicyclic) bond motifs is 2. The van der Waals surface area contributed by atoms with Gasteiger partial charge < -0.3 is 4.98 Å². The number of rotatable bonds is 5. The number of pyridine rings is 2. The van der Waals surface area contributed by atoms with E-state index >= 15 is 0 Å².